The Balaban J connectivity index is 1.61. The smallest absolute Gasteiger partial charge is 0.390 e. The van der Waals surface area contributed by atoms with Crippen molar-refractivity contribution in [2.24, 2.45) is 0 Å². The van der Waals surface area contributed by atoms with Crippen LogP contribution < -0.4 is 4.31 Å². The second kappa shape index (κ2) is 7.99. The highest BCUT2D eigenvalue weighted by atomic mass is 32.2. The van der Waals surface area contributed by atoms with E-state index in [1.165, 1.54) is 34.6 Å². The fourth-order valence-electron chi connectivity index (χ4n) is 3.46. The van der Waals surface area contributed by atoms with Gasteiger partial charge in [0.2, 0.25) is 0 Å². The highest BCUT2D eigenvalue weighted by Gasteiger charge is 2.33. The topological polar surface area (TPSA) is 107 Å². The van der Waals surface area contributed by atoms with Crippen LogP contribution in [-0.2, 0) is 22.6 Å². The zero-order valence-corrected chi connectivity index (χ0v) is 17.3. The second-order valence-corrected chi connectivity index (χ2v) is 9.00. The molecule has 7 nitrogen and oxygen atoms in total. The largest absolute Gasteiger partial charge is 0.435 e. The number of rotatable bonds is 5. The van der Waals surface area contributed by atoms with Crippen molar-refractivity contribution in [2.45, 2.75) is 17.5 Å². The number of nitrogens with one attached hydrogen (secondary N) is 1. The fourth-order valence-corrected chi connectivity index (χ4v) is 4.97. The molecule has 4 rings (SSSR count). The van der Waals surface area contributed by atoms with E-state index in [1.807, 2.05) is 0 Å². The summed E-state index contributed by atoms with van der Waals surface area (Å²) in [5.41, 5.74) is 1.34. The van der Waals surface area contributed by atoms with Crippen molar-refractivity contribution in [3.05, 3.63) is 71.4 Å². The third kappa shape index (κ3) is 3.96. The highest BCUT2D eigenvalue weighted by Crippen LogP contribution is 2.36. The summed E-state index contributed by atoms with van der Waals surface area (Å²) < 4.78 is 65.6. The molecule has 1 aliphatic rings. The van der Waals surface area contributed by atoms with Crippen molar-refractivity contribution in [2.75, 3.05) is 17.5 Å². The van der Waals surface area contributed by atoms with Crippen LogP contribution in [0.25, 0.3) is 11.3 Å². The summed E-state index contributed by atoms with van der Waals surface area (Å²) in [6.45, 7) is -0.231. The number of aliphatic hydroxyl groups excluding tert-OH is 1. The minimum atomic E-state index is -4.57. The Morgan fingerprint density at radius 2 is 1.78 bits per heavy atom. The van der Waals surface area contributed by atoms with E-state index in [2.05, 4.69) is 10.2 Å². The van der Waals surface area contributed by atoms with E-state index < -0.39 is 28.5 Å². The maximum atomic E-state index is 13.1. The Morgan fingerprint density at radius 3 is 2.38 bits per heavy atom. The molecule has 0 atom stereocenters. The Labute approximate surface area is 181 Å². The molecule has 3 aromatic rings. The van der Waals surface area contributed by atoms with Gasteiger partial charge in [-0.2, -0.15) is 13.2 Å². The molecule has 1 aliphatic heterocycles. The Bertz CT molecular complexity index is 1280. The molecule has 11 heteroatoms. The predicted molar refractivity (Wildman–Crippen MR) is 111 cm³/mol. The Morgan fingerprint density at radius 1 is 1.06 bits per heavy atom. The van der Waals surface area contributed by atoms with Gasteiger partial charge in [0.05, 0.1) is 28.6 Å². The van der Waals surface area contributed by atoms with Crippen LogP contribution in [0.3, 0.4) is 0 Å². The SMILES string of the molecule is N=C(CO)c1ccc(S(=O)(=O)N2CCc3cc(-c4ccc(C(F)(F)F)nn4)ccc32)cc1. The third-order valence-electron chi connectivity index (χ3n) is 5.13. The first kappa shape index (κ1) is 21.9. The van der Waals surface area contributed by atoms with E-state index in [9.17, 15) is 21.6 Å². The lowest BCUT2D eigenvalue weighted by atomic mass is 10.1. The van der Waals surface area contributed by atoms with Crippen LogP contribution in [0.5, 0.6) is 0 Å². The highest BCUT2D eigenvalue weighted by molar-refractivity contribution is 7.92. The average Bonchev–Trinajstić information content (AvgIpc) is 3.22. The Hall–Kier alpha value is -3.31. The number of fused-ring (bicyclic) bond motifs is 1. The number of aliphatic hydroxyl groups is 1. The summed E-state index contributed by atoms with van der Waals surface area (Å²) >= 11 is 0. The van der Waals surface area contributed by atoms with Gasteiger partial charge in [-0.25, -0.2) is 8.42 Å². The molecule has 0 spiro atoms. The molecule has 2 heterocycles. The van der Waals surface area contributed by atoms with Gasteiger partial charge in [-0.3, -0.25) is 4.31 Å². The molecule has 0 radical (unpaired) electrons. The molecule has 0 unspecified atom stereocenters. The van der Waals surface area contributed by atoms with Gasteiger partial charge in [0.25, 0.3) is 10.0 Å². The number of anilines is 1. The van der Waals surface area contributed by atoms with Gasteiger partial charge in [0.1, 0.15) is 0 Å². The number of aromatic nitrogens is 2. The van der Waals surface area contributed by atoms with Crippen molar-refractivity contribution in [3.63, 3.8) is 0 Å². The zero-order chi connectivity index (χ0) is 23.1. The van der Waals surface area contributed by atoms with Crippen molar-refractivity contribution in [1.29, 1.82) is 5.41 Å². The quantitative estimate of drug-likeness (QED) is 0.566. The molecule has 2 aromatic carbocycles. The first-order chi connectivity index (χ1) is 15.1. The van der Waals surface area contributed by atoms with Crippen LogP contribution in [0.15, 0.2) is 59.5 Å². The minimum absolute atomic E-state index is 0.0145. The lowest BCUT2D eigenvalue weighted by Crippen LogP contribution is -2.29. The number of hydrogen-bond donors (Lipinski definition) is 2. The maximum absolute atomic E-state index is 13.1. The summed E-state index contributed by atoms with van der Waals surface area (Å²) in [7, 11) is -3.85. The van der Waals surface area contributed by atoms with Crippen molar-refractivity contribution in [1.82, 2.24) is 10.2 Å². The second-order valence-electron chi connectivity index (χ2n) is 7.13. The summed E-state index contributed by atoms with van der Waals surface area (Å²) in [6, 6.07) is 12.7. The number of hydrogen-bond acceptors (Lipinski definition) is 6. The summed E-state index contributed by atoms with van der Waals surface area (Å²) in [4.78, 5) is 0.0533. The van der Waals surface area contributed by atoms with Crippen LogP contribution in [0, 0.1) is 5.41 Å². The number of nitrogens with zero attached hydrogens (tertiary/aromatic N) is 3. The first-order valence-corrected chi connectivity index (χ1v) is 10.9. The van der Waals surface area contributed by atoms with Crippen molar-refractivity contribution >= 4 is 21.4 Å². The normalized spacial score (nSPS) is 13.8. The van der Waals surface area contributed by atoms with Crippen molar-refractivity contribution < 1.29 is 26.7 Å². The molecule has 0 saturated carbocycles. The number of sulfonamides is 1. The van der Waals surface area contributed by atoms with Crippen LogP contribution in [-0.4, -0.2) is 42.6 Å². The average molecular weight is 462 g/mol. The van der Waals surface area contributed by atoms with Crippen LogP contribution in [0.2, 0.25) is 0 Å². The van der Waals surface area contributed by atoms with Gasteiger partial charge < -0.3 is 10.5 Å². The molecule has 0 amide bonds. The number of halogens is 3. The summed E-state index contributed by atoms with van der Waals surface area (Å²) in [5, 5.41) is 23.5. The molecule has 2 N–H and O–H groups in total. The lowest BCUT2D eigenvalue weighted by molar-refractivity contribution is -0.141. The molecular formula is C21H17F3N4O3S. The standard InChI is InChI=1S/C21H17F3N4O3S/c22-21(23,24)20-8-6-18(26-27-20)14-3-7-19-15(11-14)9-10-28(19)32(30,31)16-4-1-13(2-5-16)17(25)12-29/h1-8,11,25,29H,9-10,12H2. The molecule has 0 saturated heterocycles. The molecule has 0 fully saturated rings. The third-order valence-corrected chi connectivity index (χ3v) is 6.96. The van der Waals surface area contributed by atoms with E-state index in [4.69, 9.17) is 10.5 Å². The van der Waals surface area contributed by atoms with Gasteiger partial charge in [-0.15, -0.1) is 10.2 Å². The summed E-state index contributed by atoms with van der Waals surface area (Å²) in [5.74, 6) is 0. The molecule has 0 aliphatic carbocycles. The van der Waals surface area contributed by atoms with E-state index >= 15 is 0 Å². The van der Waals surface area contributed by atoms with Gasteiger partial charge in [0, 0.05) is 12.1 Å². The monoisotopic (exact) mass is 462 g/mol. The van der Waals surface area contributed by atoms with E-state index in [-0.39, 0.29) is 22.8 Å². The van der Waals surface area contributed by atoms with Gasteiger partial charge in [-0.05, 0) is 53.9 Å². The van der Waals surface area contributed by atoms with E-state index in [0.717, 1.165) is 11.6 Å². The minimum Gasteiger partial charge on any atom is -0.390 e. The van der Waals surface area contributed by atoms with E-state index in [1.54, 1.807) is 18.2 Å². The number of alkyl halides is 3. The van der Waals surface area contributed by atoms with E-state index in [0.29, 0.717) is 23.2 Å². The molecule has 166 valence electrons. The molecule has 0 bridgehead atoms. The zero-order valence-electron chi connectivity index (χ0n) is 16.5. The fraction of sp³-hybridized carbons (Fsp3) is 0.190. The maximum Gasteiger partial charge on any atom is 0.435 e. The lowest BCUT2D eigenvalue weighted by Gasteiger charge is -2.20. The van der Waals surface area contributed by atoms with Gasteiger partial charge in [-0.1, -0.05) is 18.2 Å². The summed E-state index contributed by atoms with van der Waals surface area (Å²) in [6.07, 6.45) is -4.14. The van der Waals surface area contributed by atoms with Crippen LogP contribution >= 0.6 is 0 Å². The first-order valence-electron chi connectivity index (χ1n) is 9.47. The van der Waals surface area contributed by atoms with Gasteiger partial charge >= 0.3 is 6.18 Å². The van der Waals surface area contributed by atoms with Crippen LogP contribution in [0.1, 0.15) is 16.8 Å². The predicted octanol–water partition coefficient (Wildman–Crippen LogP) is 3.27. The Kier molecular flexibility index (Phi) is 5.47. The van der Waals surface area contributed by atoms with Crippen LogP contribution in [0.4, 0.5) is 18.9 Å². The van der Waals surface area contributed by atoms with Crippen molar-refractivity contribution in [3.8, 4) is 11.3 Å². The number of benzene rings is 2. The molecule has 1 aromatic heterocycles. The molecular weight excluding hydrogens is 445 g/mol. The molecule has 32 heavy (non-hydrogen) atoms. The van der Waals surface area contributed by atoms with Gasteiger partial charge in [0.15, 0.2) is 5.69 Å².